The summed E-state index contributed by atoms with van der Waals surface area (Å²) in [4.78, 5) is 0. The lowest BCUT2D eigenvalue weighted by molar-refractivity contribution is 0.203. The van der Waals surface area contributed by atoms with Crippen LogP contribution < -0.4 is 0 Å². The average molecular weight is 309 g/mol. The highest BCUT2D eigenvalue weighted by Gasteiger charge is 2.24. The van der Waals surface area contributed by atoms with Gasteiger partial charge in [-0.15, -0.1) is 0 Å². The topological polar surface area (TPSA) is 20.2 Å². The number of aliphatic hydroxyl groups excluding tert-OH is 1. The second-order valence-corrected chi connectivity index (χ2v) is 4.38. The van der Waals surface area contributed by atoms with Gasteiger partial charge in [0.15, 0.2) is 0 Å². The summed E-state index contributed by atoms with van der Waals surface area (Å²) >= 11 is 5.33. The van der Waals surface area contributed by atoms with Crippen molar-refractivity contribution in [2.45, 2.75) is 6.10 Å². The first-order valence-corrected chi connectivity index (χ1v) is 5.66. The lowest BCUT2D eigenvalue weighted by Gasteiger charge is -2.14. The van der Waals surface area contributed by atoms with Gasteiger partial charge in [0.1, 0.15) is 35.2 Å². The van der Waals surface area contributed by atoms with E-state index in [2.05, 4.69) is 0 Å². The summed E-state index contributed by atoms with van der Waals surface area (Å²) in [5, 5.41) is 9.25. The summed E-state index contributed by atoms with van der Waals surface area (Å²) < 4.78 is 66.5. The van der Waals surface area contributed by atoms with E-state index in [9.17, 15) is 27.1 Å². The van der Waals surface area contributed by atoms with E-state index in [0.29, 0.717) is 24.3 Å². The van der Waals surface area contributed by atoms with Crippen LogP contribution in [-0.2, 0) is 0 Å². The maximum absolute atomic E-state index is 13.6. The van der Waals surface area contributed by atoms with E-state index in [1.165, 1.54) is 0 Å². The zero-order valence-electron chi connectivity index (χ0n) is 9.60. The first-order valence-electron chi connectivity index (χ1n) is 5.28. The maximum atomic E-state index is 13.6. The van der Waals surface area contributed by atoms with E-state index in [1.54, 1.807) is 0 Å². The van der Waals surface area contributed by atoms with Gasteiger partial charge in [-0.25, -0.2) is 22.0 Å². The van der Waals surface area contributed by atoms with Gasteiger partial charge in [0, 0.05) is 17.7 Å². The van der Waals surface area contributed by atoms with Crippen LogP contribution in [0.3, 0.4) is 0 Å². The molecule has 0 radical (unpaired) electrons. The predicted molar refractivity (Wildman–Crippen MR) is 61.7 cm³/mol. The quantitative estimate of drug-likeness (QED) is 0.653. The first kappa shape index (κ1) is 14.7. The van der Waals surface area contributed by atoms with E-state index in [4.69, 9.17) is 11.6 Å². The number of rotatable bonds is 2. The SMILES string of the molecule is OC(c1cc(F)c(Cl)cc1F)c1c(F)cc(F)cc1F. The molecule has 0 fully saturated rings. The molecule has 0 aliphatic heterocycles. The lowest BCUT2D eigenvalue weighted by Crippen LogP contribution is -2.09. The zero-order chi connectivity index (χ0) is 15.0. The van der Waals surface area contributed by atoms with Gasteiger partial charge in [-0.2, -0.15) is 0 Å². The fourth-order valence-electron chi connectivity index (χ4n) is 1.72. The van der Waals surface area contributed by atoms with Gasteiger partial charge in [-0.3, -0.25) is 0 Å². The molecule has 0 bridgehead atoms. The fraction of sp³-hybridized carbons (Fsp3) is 0.0769. The van der Waals surface area contributed by atoms with Crippen LogP contribution in [0.1, 0.15) is 17.2 Å². The van der Waals surface area contributed by atoms with Crippen LogP contribution in [0.4, 0.5) is 22.0 Å². The highest BCUT2D eigenvalue weighted by molar-refractivity contribution is 6.30. The van der Waals surface area contributed by atoms with Crippen LogP contribution in [0, 0.1) is 29.1 Å². The van der Waals surface area contributed by atoms with Crippen LogP contribution in [0.25, 0.3) is 0 Å². The van der Waals surface area contributed by atoms with Crippen molar-refractivity contribution in [3.8, 4) is 0 Å². The summed E-state index contributed by atoms with van der Waals surface area (Å²) in [6.45, 7) is 0. The minimum atomic E-state index is -2.14. The molecule has 0 aliphatic rings. The van der Waals surface area contributed by atoms with Gasteiger partial charge >= 0.3 is 0 Å². The van der Waals surface area contributed by atoms with Crippen LogP contribution >= 0.6 is 11.6 Å². The molecule has 106 valence electrons. The van der Waals surface area contributed by atoms with E-state index in [1.807, 2.05) is 0 Å². The monoisotopic (exact) mass is 308 g/mol. The Kier molecular flexibility index (Phi) is 3.96. The fourth-order valence-corrected chi connectivity index (χ4v) is 1.87. The molecular weight excluding hydrogens is 303 g/mol. The number of halogens is 6. The lowest BCUT2D eigenvalue weighted by atomic mass is 9.99. The Morgan fingerprint density at radius 1 is 0.800 bits per heavy atom. The Hall–Kier alpha value is -1.66. The molecule has 0 amide bonds. The molecule has 1 atom stereocenters. The minimum absolute atomic E-state index is 0.325. The molecule has 2 aromatic rings. The molecular formula is C13H6ClF5O. The molecule has 0 aliphatic carbocycles. The van der Waals surface area contributed by atoms with Crippen molar-refractivity contribution in [1.82, 2.24) is 0 Å². The summed E-state index contributed by atoms with van der Waals surface area (Å²) in [5.41, 5.74) is -1.69. The largest absolute Gasteiger partial charge is 0.383 e. The summed E-state index contributed by atoms with van der Waals surface area (Å²) in [5.74, 6) is -6.23. The standard InChI is InChI=1S/C13H6ClF5O/c14-7-4-8(16)6(3-9(7)17)13(20)12-10(18)1-5(15)2-11(12)19/h1-4,13,20H. The minimum Gasteiger partial charge on any atom is -0.383 e. The maximum Gasteiger partial charge on any atom is 0.142 e. The van der Waals surface area contributed by atoms with Gasteiger partial charge in [-0.05, 0) is 12.1 Å². The second-order valence-electron chi connectivity index (χ2n) is 3.97. The Labute approximate surface area is 115 Å². The molecule has 0 aromatic heterocycles. The number of benzene rings is 2. The Balaban J connectivity index is 2.57. The van der Waals surface area contributed by atoms with Crippen LogP contribution in [0.15, 0.2) is 24.3 Å². The van der Waals surface area contributed by atoms with Crippen molar-refractivity contribution >= 4 is 11.6 Å². The normalized spacial score (nSPS) is 12.6. The summed E-state index contributed by atoms with van der Waals surface area (Å²) in [6.07, 6.45) is -2.14. The van der Waals surface area contributed by atoms with Crippen molar-refractivity contribution in [3.63, 3.8) is 0 Å². The molecule has 0 spiro atoms. The molecule has 7 heteroatoms. The smallest absolute Gasteiger partial charge is 0.142 e. The van der Waals surface area contributed by atoms with Gasteiger partial charge < -0.3 is 5.11 Å². The van der Waals surface area contributed by atoms with Gasteiger partial charge in [0.05, 0.1) is 10.6 Å². The second kappa shape index (κ2) is 5.38. The van der Waals surface area contributed by atoms with Crippen molar-refractivity contribution in [3.05, 3.63) is 69.5 Å². The zero-order valence-corrected chi connectivity index (χ0v) is 10.4. The average Bonchev–Trinajstić information content (AvgIpc) is 2.32. The third-order valence-electron chi connectivity index (χ3n) is 2.65. The van der Waals surface area contributed by atoms with E-state index in [0.717, 1.165) is 0 Å². The molecule has 0 saturated heterocycles. The first-order chi connectivity index (χ1) is 9.31. The predicted octanol–water partition coefficient (Wildman–Crippen LogP) is 4.12. The molecule has 1 unspecified atom stereocenters. The van der Waals surface area contributed by atoms with Crippen molar-refractivity contribution in [1.29, 1.82) is 0 Å². The third kappa shape index (κ3) is 2.62. The van der Waals surface area contributed by atoms with Crippen molar-refractivity contribution in [2.75, 3.05) is 0 Å². The van der Waals surface area contributed by atoms with E-state index in [-0.39, 0.29) is 0 Å². The van der Waals surface area contributed by atoms with Crippen molar-refractivity contribution < 1.29 is 27.1 Å². The molecule has 0 saturated carbocycles. The number of aliphatic hydroxyl groups is 1. The molecule has 0 heterocycles. The molecule has 20 heavy (non-hydrogen) atoms. The summed E-state index contributed by atoms with van der Waals surface area (Å²) in [6, 6.07) is 1.73. The summed E-state index contributed by atoms with van der Waals surface area (Å²) in [7, 11) is 0. The van der Waals surface area contributed by atoms with E-state index >= 15 is 0 Å². The molecule has 1 nitrogen and oxygen atoms in total. The Bertz CT molecular complexity index is 651. The molecule has 1 N–H and O–H groups in total. The van der Waals surface area contributed by atoms with Crippen molar-refractivity contribution in [2.24, 2.45) is 0 Å². The highest BCUT2D eigenvalue weighted by Crippen LogP contribution is 2.31. The Morgan fingerprint density at radius 2 is 1.35 bits per heavy atom. The van der Waals surface area contributed by atoms with Crippen LogP contribution in [-0.4, -0.2) is 5.11 Å². The number of hydrogen-bond acceptors (Lipinski definition) is 1. The highest BCUT2D eigenvalue weighted by atomic mass is 35.5. The van der Waals surface area contributed by atoms with Gasteiger partial charge in [0.2, 0.25) is 0 Å². The molecule has 2 aromatic carbocycles. The molecule has 2 rings (SSSR count). The van der Waals surface area contributed by atoms with Gasteiger partial charge in [-0.1, -0.05) is 11.6 Å². The van der Waals surface area contributed by atoms with Crippen LogP contribution in [0.2, 0.25) is 5.02 Å². The van der Waals surface area contributed by atoms with Crippen LogP contribution in [0.5, 0.6) is 0 Å². The Morgan fingerprint density at radius 3 is 1.90 bits per heavy atom. The van der Waals surface area contributed by atoms with E-state index < -0.39 is 51.3 Å². The van der Waals surface area contributed by atoms with Gasteiger partial charge in [0.25, 0.3) is 0 Å². The third-order valence-corrected chi connectivity index (χ3v) is 2.94. The number of hydrogen-bond donors (Lipinski definition) is 1.